The van der Waals surface area contributed by atoms with Crippen LogP contribution in [-0.2, 0) is 4.74 Å². The van der Waals surface area contributed by atoms with Gasteiger partial charge in [0.15, 0.2) is 0 Å². The van der Waals surface area contributed by atoms with Gasteiger partial charge in [0.2, 0.25) is 0 Å². The number of aliphatic hydroxyl groups is 1. The molecule has 1 aromatic carbocycles. The van der Waals surface area contributed by atoms with Gasteiger partial charge in [-0.1, -0.05) is 43.8 Å². The van der Waals surface area contributed by atoms with E-state index in [4.69, 9.17) is 4.74 Å². The van der Waals surface area contributed by atoms with Gasteiger partial charge in [-0.05, 0) is 18.1 Å². The zero-order valence-electron chi connectivity index (χ0n) is 10.3. The molecule has 0 aromatic heterocycles. The van der Waals surface area contributed by atoms with Crippen molar-refractivity contribution in [3.8, 4) is 0 Å². The second kappa shape index (κ2) is 4.38. The van der Waals surface area contributed by atoms with Gasteiger partial charge in [0.05, 0.1) is 7.11 Å². The van der Waals surface area contributed by atoms with Gasteiger partial charge >= 0.3 is 0 Å². The molecule has 1 aromatic rings. The van der Waals surface area contributed by atoms with Crippen LogP contribution < -0.4 is 0 Å². The van der Waals surface area contributed by atoms with Crippen molar-refractivity contribution in [2.45, 2.75) is 24.9 Å². The number of hydrogen-bond donors (Lipinski definition) is 1. The monoisotopic (exact) mass is 230 g/mol. The Hall–Kier alpha value is -1.54. The van der Waals surface area contributed by atoms with E-state index in [1.165, 1.54) is 0 Å². The summed E-state index contributed by atoms with van der Waals surface area (Å²) < 4.78 is 5.27. The fourth-order valence-electron chi connectivity index (χ4n) is 2.45. The molecule has 17 heavy (non-hydrogen) atoms. The lowest BCUT2D eigenvalue weighted by atomic mass is 9.81. The standard InChI is InChI=1S/C15H18O2/c1-4-15(16)11(2)14(17-3)10-13(15)12-8-6-5-7-9-12/h5-10,13,16H,2,4H2,1,3H3. The summed E-state index contributed by atoms with van der Waals surface area (Å²) in [7, 11) is 1.61. The van der Waals surface area contributed by atoms with Gasteiger partial charge in [-0.3, -0.25) is 0 Å². The predicted molar refractivity (Wildman–Crippen MR) is 68.7 cm³/mol. The number of hydrogen-bond acceptors (Lipinski definition) is 2. The van der Waals surface area contributed by atoms with E-state index in [0.29, 0.717) is 17.8 Å². The molecule has 2 atom stereocenters. The summed E-state index contributed by atoms with van der Waals surface area (Å²) >= 11 is 0. The fourth-order valence-corrected chi connectivity index (χ4v) is 2.45. The van der Waals surface area contributed by atoms with Gasteiger partial charge in [-0.15, -0.1) is 0 Å². The average molecular weight is 230 g/mol. The van der Waals surface area contributed by atoms with Gasteiger partial charge in [0, 0.05) is 11.5 Å². The van der Waals surface area contributed by atoms with Crippen molar-refractivity contribution in [2.24, 2.45) is 0 Å². The molecule has 2 rings (SSSR count). The Labute approximate surface area is 102 Å². The highest BCUT2D eigenvalue weighted by atomic mass is 16.5. The quantitative estimate of drug-likeness (QED) is 0.865. The molecule has 0 saturated heterocycles. The number of methoxy groups -OCH3 is 1. The molecule has 1 aliphatic rings. The normalized spacial score (nSPS) is 28.1. The molecule has 1 N–H and O–H groups in total. The minimum Gasteiger partial charge on any atom is -0.497 e. The molecule has 90 valence electrons. The summed E-state index contributed by atoms with van der Waals surface area (Å²) in [5.41, 5.74) is 0.841. The highest BCUT2D eigenvalue weighted by Gasteiger charge is 2.44. The number of benzene rings is 1. The molecule has 0 fully saturated rings. The van der Waals surface area contributed by atoms with E-state index >= 15 is 0 Å². The lowest BCUT2D eigenvalue weighted by molar-refractivity contribution is 0.0655. The predicted octanol–water partition coefficient (Wildman–Crippen LogP) is 3.01. The largest absolute Gasteiger partial charge is 0.497 e. The Morgan fingerprint density at radius 1 is 1.35 bits per heavy atom. The summed E-state index contributed by atoms with van der Waals surface area (Å²) in [6.45, 7) is 5.93. The molecule has 0 amide bonds. The lowest BCUT2D eigenvalue weighted by Crippen LogP contribution is -2.33. The number of rotatable bonds is 3. The van der Waals surface area contributed by atoms with Crippen LogP contribution in [0, 0.1) is 0 Å². The van der Waals surface area contributed by atoms with Crippen LogP contribution in [0.4, 0.5) is 0 Å². The first-order valence-corrected chi connectivity index (χ1v) is 5.86. The van der Waals surface area contributed by atoms with Crippen molar-refractivity contribution in [3.05, 3.63) is 59.9 Å². The van der Waals surface area contributed by atoms with E-state index in [2.05, 4.69) is 6.58 Å². The second-order valence-corrected chi connectivity index (χ2v) is 4.38. The lowest BCUT2D eigenvalue weighted by Gasteiger charge is -2.30. The molecule has 0 heterocycles. The van der Waals surface area contributed by atoms with Crippen molar-refractivity contribution >= 4 is 0 Å². The molecule has 0 spiro atoms. The Morgan fingerprint density at radius 3 is 2.53 bits per heavy atom. The van der Waals surface area contributed by atoms with Crippen molar-refractivity contribution in [3.63, 3.8) is 0 Å². The van der Waals surface area contributed by atoms with Crippen molar-refractivity contribution in [2.75, 3.05) is 7.11 Å². The summed E-state index contributed by atoms with van der Waals surface area (Å²) in [6.07, 6.45) is 2.58. The first kappa shape index (κ1) is 11.9. The molecule has 2 nitrogen and oxygen atoms in total. The van der Waals surface area contributed by atoms with Crippen molar-refractivity contribution in [1.29, 1.82) is 0 Å². The van der Waals surface area contributed by atoms with Crippen LogP contribution in [0.25, 0.3) is 0 Å². The van der Waals surface area contributed by atoms with E-state index in [1.54, 1.807) is 7.11 Å². The SMILES string of the molecule is C=C1C(OC)=CC(c2ccccc2)C1(O)CC. The van der Waals surface area contributed by atoms with E-state index in [1.807, 2.05) is 43.3 Å². The fraction of sp³-hybridized carbons (Fsp3) is 0.333. The molecule has 1 aliphatic carbocycles. The Balaban J connectivity index is 2.45. The number of ether oxygens (including phenoxy) is 1. The van der Waals surface area contributed by atoms with Gasteiger partial charge < -0.3 is 9.84 Å². The maximum absolute atomic E-state index is 10.8. The topological polar surface area (TPSA) is 29.5 Å². The Morgan fingerprint density at radius 2 is 2.00 bits per heavy atom. The van der Waals surface area contributed by atoms with Crippen LogP contribution in [0.3, 0.4) is 0 Å². The van der Waals surface area contributed by atoms with Crippen molar-refractivity contribution < 1.29 is 9.84 Å². The molecular formula is C15H18O2. The molecule has 0 bridgehead atoms. The van der Waals surface area contributed by atoms with E-state index in [-0.39, 0.29) is 5.92 Å². The van der Waals surface area contributed by atoms with Gasteiger partial charge in [-0.25, -0.2) is 0 Å². The zero-order chi connectivity index (χ0) is 12.5. The van der Waals surface area contributed by atoms with E-state index < -0.39 is 5.60 Å². The first-order valence-electron chi connectivity index (χ1n) is 5.86. The van der Waals surface area contributed by atoms with Gasteiger partial charge in [0.25, 0.3) is 0 Å². The molecule has 0 saturated carbocycles. The molecule has 0 aliphatic heterocycles. The zero-order valence-corrected chi connectivity index (χ0v) is 10.3. The highest BCUT2D eigenvalue weighted by molar-refractivity contribution is 5.47. The van der Waals surface area contributed by atoms with Crippen LogP contribution in [0.2, 0.25) is 0 Å². The van der Waals surface area contributed by atoms with Crippen LogP contribution in [0.5, 0.6) is 0 Å². The van der Waals surface area contributed by atoms with E-state index in [9.17, 15) is 5.11 Å². The average Bonchev–Trinajstić information content (AvgIpc) is 2.64. The van der Waals surface area contributed by atoms with Crippen LogP contribution >= 0.6 is 0 Å². The summed E-state index contributed by atoms with van der Waals surface area (Å²) in [4.78, 5) is 0. The van der Waals surface area contributed by atoms with Crippen LogP contribution in [-0.4, -0.2) is 17.8 Å². The third-order valence-electron chi connectivity index (χ3n) is 3.57. The maximum Gasteiger partial charge on any atom is 0.121 e. The van der Waals surface area contributed by atoms with E-state index in [0.717, 1.165) is 5.56 Å². The van der Waals surface area contributed by atoms with Crippen molar-refractivity contribution in [1.82, 2.24) is 0 Å². The van der Waals surface area contributed by atoms with Gasteiger partial charge in [-0.2, -0.15) is 0 Å². The smallest absolute Gasteiger partial charge is 0.121 e. The summed E-state index contributed by atoms with van der Waals surface area (Å²) in [5.74, 6) is 0.624. The highest BCUT2D eigenvalue weighted by Crippen LogP contribution is 2.46. The molecule has 2 unspecified atom stereocenters. The van der Waals surface area contributed by atoms with Gasteiger partial charge in [0.1, 0.15) is 11.4 Å². The summed E-state index contributed by atoms with van der Waals surface area (Å²) in [6, 6.07) is 9.97. The minimum absolute atomic E-state index is 0.0730. The first-order chi connectivity index (χ1) is 8.13. The third-order valence-corrected chi connectivity index (χ3v) is 3.57. The second-order valence-electron chi connectivity index (χ2n) is 4.38. The Kier molecular flexibility index (Phi) is 3.07. The third kappa shape index (κ3) is 1.79. The Bertz CT molecular complexity index is 447. The maximum atomic E-state index is 10.8. The van der Waals surface area contributed by atoms with Crippen LogP contribution in [0.15, 0.2) is 54.3 Å². The van der Waals surface area contributed by atoms with Crippen LogP contribution in [0.1, 0.15) is 24.8 Å². The molecule has 0 radical (unpaired) electrons. The molecular weight excluding hydrogens is 212 g/mol. The summed E-state index contributed by atoms with van der Waals surface area (Å²) in [5, 5.41) is 10.8. The minimum atomic E-state index is -0.924. The molecule has 2 heteroatoms.